The second-order valence-electron chi connectivity index (χ2n) is 5.56. The molecule has 2 aliphatic carbocycles. The molecule has 0 heterocycles. The third-order valence-corrected chi connectivity index (χ3v) is 4.11. The highest BCUT2D eigenvalue weighted by molar-refractivity contribution is 6.32. The SMILES string of the molecule is O=C(c1ccc(Cl)c([N+](=O)[O-])c1)N(CC1CC1)C1CC1. The van der Waals surface area contributed by atoms with Crippen molar-refractivity contribution in [2.75, 3.05) is 6.54 Å². The third kappa shape index (κ3) is 2.77. The number of hydrogen-bond donors (Lipinski definition) is 0. The molecule has 0 aromatic heterocycles. The predicted molar refractivity (Wildman–Crippen MR) is 74.9 cm³/mol. The van der Waals surface area contributed by atoms with Crippen molar-refractivity contribution in [3.8, 4) is 0 Å². The molecule has 2 aliphatic rings. The Kier molecular flexibility index (Phi) is 3.38. The van der Waals surface area contributed by atoms with E-state index < -0.39 is 4.92 Å². The maximum absolute atomic E-state index is 12.5. The van der Waals surface area contributed by atoms with Gasteiger partial charge in [-0.1, -0.05) is 11.6 Å². The summed E-state index contributed by atoms with van der Waals surface area (Å²) in [4.78, 5) is 24.8. The topological polar surface area (TPSA) is 63.4 Å². The van der Waals surface area contributed by atoms with E-state index in [1.165, 1.54) is 25.0 Å². The van der Waals surface area contributed by atoms with E-state index in [9.17, 15) is 14.9 Å². The number of nitrogens with zero attached hydrogens (tertiary/aromatic N) is 2. The van der Waals surface area contributed by atoms with Gasteiger partial charge in [0.1, 0.15) is 5.02 Å². The molecule has 0 saturated heterocycles. The molecule has 0 N–H and O–H groups in total. The summed E-state index contributed by atoms with van der Waals surface area (Å²) in [5.74, 6) is 0.501. The van der Waals surface area contributed by atoms with E-state index in [4.69, 9.17) is 11.6 Å². The van der Waals surface area contributed by atoms with Gasteiger partial charge in [-0.15, -0.1) is 0 Å². The summed E-state index contributed by atoms with van der Waals surface area (Å²) in [5, 5.41) is 11.0. The van der Waals surface area contributed by atoms with Crippen LogP contribution < -0.4 is 0 Å². The van der Waals surface area contributed by atoms with E-state index in [0.29, 0.717) is 17.5 Å². The maximum Gasteiger partial charge on any atom is 0.288 e. The fourth-order valence-electron chi connectivity index (χ4n) is 2.31. The van der Waals surface area contributed by atoms with E-state index in [-0.39, 0.29) is 16.6 Å². The second-order valence-corrected chi connectivity index (χ2v) is 5.96. The zero-order valence-corrected chi connectivity index (χ0v) is 11.7. The molecule has 3 rings (SSSR count). The lowest BCUT2D eigenvalue weighted by molar-refractivity contribution is -0.384. The van der Waals surface area contributed by atoms with Crippen molar-refractivity contribution >= 4 is 23.2 Å². The Bertz CT molecular complexity index is 568. The number of hydrogen-bond acceptors (Lipinski definition) is 3. The zero-order chi connectivity index (χ0) is 14.3. The molecule has 20 heavy (non-hydrogen) atoms. The Morgan fingerprint density at radius 2 is 2.05 bits per heavy atom. The Hall–Kier alpha value is -1.62. The van der Waals surface area contributed by atoms with Crippen LogP contribution in [0, 0.1) is 16.0 Å². The van der Waals surface area contributed by atoms with Gasteiger partial charge in [0.2, 0.25) is 0 Å². The van der Waals surface area contributed by atoms with Crippen molar-refractivity contribution in [3.05, 3.63) is 38.9 Å². The summed E-state index contributed by atoms with van der Waals surface area (Å²) in [6.07, 6.45) is 4.43. The van der Waals surface area contributed by atoms with Crippen molar-refractivity contribution in [3.63, 3.8) is 0 Å². The minimum Gasteiger partial charge on any atom is -0.335 e. The molecule has 1 aromatic carbocycles. The maximum atomic E-state index is 12.5. The van der Waals surface area contributed by atoms with Crippen LogP contribution in [0.15, 0.2) is 18.2 Å². The highest BCUT2D eigenvalue weighted by Crippen LogP contribution is 2.36. The average Bonchev–Trinajstić information content (AvgIpc) is 3.27. The summed E-state index contributed by atoms with van der Waals surface area (Å²) in [7, 11) is 0. The van der Waals surface area contributed by atoms with E-state index in [1.807, 2.05) is 4.90 Å². The molecular weight excluding hydrogens is 280 g/mol. The van der Waals surface area contributed by atoms with Gasteiger partial charge in [0.05, 0.1) is 4.92 Å². The number of amides is 1. The fourth-order valence-corrected chi connectivity index (χ4v) is 2.50. The van der Waals surface area contributed by atoms with Crippen LogP contribution in [0.2, 0.25) is 5.02 Å². The van der Waals surface area contributed by atoms with Crippen molar-refractivity contribution < 1.29 is 9.72 Å². The molecule has 0 bridgehead atoms. The zero-order valence-electron chi connectivity index (χ0n) is 10.9. The van der Waals surface area contributed by atoms with Gasteiger partial charge < -0.3 is 4.90 Å². The lowest BCUT2D eigenvalue weighted by Crippen LogP contribution is -2.34. The summed E-state index contributed by atoms with van der Waals surface area (Å²) in [5.41, 5.74) is 0.147. The van der Waals surface area contributed by atoms with Crippen molar-refractivity contribution in [1.29, 1.82) is 0 Å². The number of benzene rings is 1. The first-order chi connectivity index (χ1) is 9.56. The first kappa shape index (κ1) is 13.4. The third-order valence-electron chi connectivity index (χ3n) is 3.79. The standard InChI is InChI=1S/C14H15ClN2O3/c15-12-6-3-10(7-13(12)17(19)20)14(18)16(11-4-5-11)8-9-1-2-9/h3,6-7,9,11H,1-2,4-5,8H2. The van der Waals surface area contributed by atoms with Gasteiger partial charge in [-0.25, -0.2) is 0 Å². The van der Waals surface area contributed by atoms with Gasteiger partial charge in [-0.2, -0.15) is 0 Å². The number of halogens is 1. The fraction of sp³-hybridized carbons (Fsp3) is 0.500. The molecule has 2 fully saturated rings. The highest BCUT2D eigenvalue weighted by Gasteiger charge is 2.37. The minimum absolute atomic E-state index is 0.0618. The van der Waals surface area contributed by atoms with Gasteiger partial charge in [-0.05, 0) is 43.7 Å². The lowest BCUT2D eigenvalue weighted by Gasteiger charge is -2.22. The lowest BCUT2D eigenvalue weighted by atomic mass is 10.1. The van der Waals surface area contributed by atoms with Gasteiger partial charge in [0.15, 0.2) is 0 Å². The Labute approximate surface area is 121 Å². The van der Waals surface area contributed by atoms with Crippen LogP contribution in [0.5, 0.6) is 0 Å². The van der Waals surface area contributed by atoms with E-state index in [0.717, 1.165) is 19.4 Å². The molecule has 0 aliphatic heterocycles. The summed E-state index contributed by atoms with van der Waals surface area (Å²) >= 11 is 5.78. The molecule has 1 aromatic rings. The molecule has 0 atom stereocenters. The number of nitro groups is 1. The molecular formula is C14H15ClN2O3. The minimum atomic E-state index is -0.554. The van der Waals surface area contributed by atoms with Crippen LogP contribution in [0.1, 0.15) is 36.0 Å². The Morgan fingerprint density at radius 3 is 2.60 bits per heavy atom. The molecule has 2 saturated carbocycles. The van der Waals surface area contributed by atoms with Crippen LogP contribution in [-0.2, 0) is 0 Å². The molecule has 0 radical (unpaired) electrons. The van der Waals surface area contributed by atoms with Crippen LogP contribution in [-0.4, -0.2) is 28.3 Å². The van der Waals surface area contributed by atoms with Crippen molar-refractivity contribution in [1.82, 2.24) is 4.90 Å². The summed E-state index contributed by atoms with van der Waals surface area (Å²) in [6.45, 7) is 0.778. The van der Waals surface area contributed by atoms with E-state index in [1.54, 1.807) is 6.07 Å². The quantitative estimate of drug-likeness (QED) is 0.618. The summed E-state index contributed by atoms with van der Waals surface area (Å²) in [6, 6.07) is 4.60. The number of carbonyl (C=O) groups is 1. The van der Waals surface area contributed by atoms with Gasteiger partial charge in [-0.3, -0.25) is 14.9 Å². The number of carbonyl (C=O) groups excluding carboxylic acids is 1. The monoisotopic (exact) mass is 294 g/mol. The van der Waals surface area contributed by atoms with Crippen LogP contribution >= 0.6 is 11.6 Å². The second kappa shape index (κ2) is 5.05. The van der Waals surface area contributed by atoms with E-state index >= 15 is 0 Å². The Balaban J connectivity index is 1.84. The molecule has 6 heteroatoms. The Morgan fingerprint density at radius 1 is 1.35 bits per heavy atom. The van der Waals surface area contributed by atoms with Crippen LogP contribution in [0.25, 0.3) is 0 Å². The molecule has 1 amide bonds. The van der Waals surface area contributed by atoms with Gasteiger partial charge in [0.25, 0.3) is 11.6 Å². The first-order valence-corrected chi connectivity index (χ1v) is 7.19. The van der Waals surface area contributed by atoms with E-state index in [2.05, 4.69) is 0 Å². The van der Waals surface area contributed by atoms with Gasteiger partial charge in [0, 0.05) is 24.2 Å². The highest BCUT2D eigenvalue weighted by atomic mass is 35.5. The average molecular weight is 295 g/mol. The van der Waals surface area contributed by atoms with Gasteiger partial charge >= 0.3 is 0 Å². The molecule has 0 unspecified atom stereocenters. The summed E-state index contributed by atoms with van der Waals surface area (Å²) < 4.78 is 0. The van der Waals surface area contributed by atoms with Crippen LogP contribution in [0.3, 0.4) is 0 Å². The normalized spacial score (nSPS) is 17.9. The number of rotatable bonds is 5. The number of nitro benzene ring substituents is 1. The van der Waals surface area contributed by atoms with Crippen molar-refractivity contribution in [2.24, 2.45) is 5.92 Å². The largest absolute Gasteiger partial charge is 0.335 e. The van der Waals surface area contributed by atoms with Crippen molar-refractivity contribution in [2.45, 2.75) is 31.7 Å². The van der Waals surface area contributed by atoms with Crippen LogP contribution in [0.4, 0.5) is 5.69 Å². The molecule has 5 nitrogen and oxygen atoms in total. The molecule has 0 spiro atoms. The first-order valence-electron chi connectivity index (χ1n) is 6.81. The molecule has 106 valence electrons. The smallest absolute Gasteiger partial charge is 0.288 e. The predicted octanol–water partition coefficient (Wildman–Crippen LogP) is 3.26.